The second-order valence-electron chi connectivity index (χ2n) is 7.73. The average molecular weight is 416 g/mol. The quantitative estimate of drug-likeness (QED) is 0.695. The highest BCUT2D eigenvalue weighted by molar-refractivity contribution is 7.89. The molecule has 0 spiro atoms. The molecule has 0 saturated heterocycles. The van der Waals surface area contributed by atoms with Crippen LogP contribution in [0.5, 0.6) is 0 Å². The van der Waals surface area contributed by atoms with Gasteiger partial charge in [0.15, 0.2) is 0 Å². The van der Waals surface area contributed by atoms with E-state index in [1.165, 1.54) is 12.1 Å². The molecule has 29 heavy (non-hydrogen) atoms. The fourth-order valence-electron chi connectivity index (χ4n) is 3.70. The van der Waals surface area contributed by atoms with E-state index in [1.807, 2.05) is 49.3 Å². The van der Waals surface area contributed by atoms with Crippen LogP contribution in [0.4, 0.5) is 0 Å². The monoisotopic (exact) mass is 415 g/mol. The lowest BCUT2D eigenvalue weighted by Gasteiger charge is -2.25. The third kappa shape index (κ3) is 5.65. The van der Waals surface area contributed by atoms with Crippen LogP contribution in [0, 0.1) is 0 Å². The van der Waals surface area contributed by atoms with E-state index < -0.39 is 10.0 Å². The van der Waals surface area contributed by atoms with Gasteiger partial charge in [0, 0.05) is 18.2 Å². The minimum Gasteiger partial charge on any atom is -0.350 e. The number of carbonyl (C=O) groups is 1. The summed E-state index contributed by atoms with van der Waals surface area (Å²) < 4.78 is 28.1. The standard InChI is InChI=1S/C22H29N3O3S/c1-25(2)21(17-9-4-3-5-10-17)16-23-22(26)18-11-8-14-20(15-18)29(27,28)24-19-12-6-7-13-19/h3-5,8-11,14-15,19,21,24H,6-7,12-13,16H2,1-2H3,(H,23,26). The molecule has 1 saturated carbocycles. The fourth-order valence-corrected chi connectivity index (χ4v) is 5.05. The van der Waals surface area contributed by atoms with Crippen LogP contribution in [-0.2, 0) is 10.0 Å². The number of hydrogen-bond acceptors (Lipinski definition) is 4. The molecule has 1 atom stereocenters. The van der Waals surface area contributed by atoms with Crippen LogP contribution in [0.15, 0.2) is 59.5 Å². The summed E-state index contributed by atoms with van der Waals surface area (Å²) in [4.78, 5) is 14.9. The third-order valence-corrected chi connectivity index (χ3v) is 6.87. The molecule has 0 bridgehead atoms. The number of benzene rings is 2. The highest BCUT2D eigenvalue weighted by Crippen LogP contribution is 2.21. The molecule has 1 amide bonds. The lowest BCUT2D eigenvalue weighted by atomic mass is 10.1. The van der Waals surface area contributed by atoms with Crippen LogP contribution in [-0.4, -0.2) is 45.9 Å². The maximum atomic E-state index is 12.7. The maximum Gasteiger partial charge on any atom is 0.251 e. The van der Waals surface area contributed by atoms with E-state index in [0.29, 0.717) is 12.1 Å². The lowest BCUT2D eigenvalue weighted by Crippen LogP contribution is -2.35. The Balaban J connectivity index is 1.68. The third-order valence-electron chi connectivity index (χ3n) is 5.35. The minimum absolute atomic E-state index is 0.01000. The topological polar surface area (TPSA) is 78.5 Å². The Morgan fingerprint density at radius 2 is 1.76 bits per heavy atom. The van der Waals surface area contributed by atoms with Gasteiger partial charge in [0.25, 0.3) is 5.91 Å². The van der Waals surface area contributed by atoms with Gasteiger partial charge < -0.3 is 10.2 Å². The molecule has 2 aromatic rings. The predicted octanol–water partition coefficient (Wildman–Crippen LogP) is 2.94. The van der Waals surface area contributed by atoms with Crippen molar-refractivity contribution in [2.75, 3.05) is 20.6 Å². The van der Waals surface area contributed by atoms with Crippen molar-refractivity contribution >= 4 is 15.9 Å². The predicted molar refractivity (Wildman–Crippen MR) is 114 cm³/mol. The number of nitrogens with one attached hydrogen (secondary N) is 2. The number of hydrogen-bond donors (Lipinski definition) is 2. The number of amides is 1. The summed E-state index contributed by atoms with van der Waals surface area (Å²) >= 11 is 0. The van der Waals surface area contributed by atoms with Gasteiger partial charge in [-0.25, -0.2) is 13.1 Å². The molecule has 1 fully saturated rings. The normalized spacial score (nSPS) is 16.1. The summed E-state index contributed by atoms with van der Waals surface area (Å²) in [5.74, 6) is -0.286. The molecule has 156 valence electrons. The summed E-state index contributed by atoms with van der Waals surface area (Å²) in [6, 6.07) is 16.2. The highest BCUT2D eigenvalue weighted by atomic mass is 32.2. The summed E-state index contributed by atoms with van der Waals surface area (Å²) in [6.45, 7) is 0.424. The first-order valence-corrected chi connectivity index (χ1v) is 11.5. The molecular weight excluding hydrogens is 386 g/mol. The summed E-state index contributed by atoms with van der Waals surface area (Å²) in [6.07, 6.45) is 3.82. The molecular formula is C22H29N3O3S. The number of likely N-dealkylation sites (N-methyl/N-ethyl adjacent to an activating group) is 1. The van der Waals surface area contributed by atoms with E-state index in [9.17, 15) is 13.2 Å². The van der Waals surface area contributed by atoms with E-state index in [4.69, 9.17) is 0 Å². The van der Waals surface area contributed by atoms with Gasteiger partial charge in [-0.2, -0.15) is 0 Å². The van der Waals surface area contributed by atoms with Gasteiger partial charge >= 0.3 is 0 Å². The van der Waals surface area contributed by atoms with Crippen molar-refractivity contribution in [1.29, 1.82) is 0 Å². The van der Waals surface area contributed by atoms with Crippen LogP contribution in [0.3, 0.4) is 0 Å². The van der Waals surface area contributed by atoms with Crippen LogP contribution >= 0.6 is 0 Å². The number of rotatable bonds is 8. The summed E-state index contributed by atoms with van der Waals surface area (Å²) in [5, 5.41) is 2.93. The molecule has 7 heteroatoms. The SMILES string of the molecule is CN(C)C(CNC(=O)c1cccc(S(=O)(=O)NC2CCCC2)c1)c1ccccc1. The minimum atomic E-state index is -3.63. The zero-order valence-electron chi connectivity index (χ0n) is 17.0. The second-order valence-corrected chi connectivity index (χ2v) is 9.44. The average Bonchev–Trinajstić information content (AvgIpc) is 3.21. The Morgan fingerprint density at radius 3 is 2.41 bits per heavy atom. The van der Waals surface area contributed by atoms with Crippen LogP contribution in [0.1, 0.15) is 47.6 Å². The fraction of sp³-hybridized carbons (Fsp3) is 0.409. The summed E-state index contributed by atoms with van der Waals surface area (Å²) in [5.41, 5.74) is 1.44. The van der Waals surface area contributed by atoms with Gasteiger partial charge in [-0.3, -0.25) is 4.79 Å². The van der Waals surface area contributed by atoms with Crippen molar-refractivity contribution < 1.29 is 13.2 Å². The lowest BCUT2D eigenvalue weighted by molar-refractivity contribution is 0.0941. The van der Waals surface area contributed by atoms with Gasteiger partial charge in [-0.1, -0.05) is 49.2 Å². The number of sulfonamides is 1. The smallest absolute Gasteiger partial charge is 0.251 e. The Bertz CT molecular complexity index is 923. The van der Waals surface area contributed by atoms with Crippen molar-refractivity contribution in [2.24, 2.45) is 0 Å². The van der Waals surface area contributed by atoms with Crippen molar-refractivity contribution in [3.63, 3.8) is 0 Å². The van der Waals surface area contributed by atoms with Gasteiger partial charge in [0.05, 0.1) is 10.9 Å². The second kappa shape index (κ2) is 9.52. The molecule has 0 aromatic heterocycles. The molecule has 3 rings (SSSR count). The molecule has 1 aliphatic rings. The molecule has 0 heterocycles. The van der Waals surface area contributed by atoms with Crippen molar-refractivity contribution in [2.45, 2.75) is 42.7 Å². The van der Waals surface area contributed by atoms with E-state index >= 15 is 0 Å². The molecule has 0 radical (unpaired) electrons. The first-order chi connectivity index (χ1) is 13.9. The van der Waals surface area contributed by atoms with E-state index in [1.54, 1.807) is 12.1 Å². The zero-order valence-corrected chi connectivity index (χ0v) is 17.8. The molecule has 1 unspecified atom stereocenters. The van der Waals surface area contributed by atoms with E-state index in [0.717, 1.165) is 31.2 Å². The molecule has 2 aromatic carbocycles. The number of carbonyl (C=O) groups excluding carboxylic acids is 1. The largest absolute Gasteiger partial charge is 0.350 e. The van der Waals surface area contributed by atoms with E-state index in [2.05, 4.69) is 10.0 Å². The molecule has 2 N–H and O–H groups in total. The Labute approximate surface area is 173 Å². The zero-order chi connectivity index (χ0) is 20.9. The summed E-state index contributed by atoms with van der Waals surface area (Å²) in [7, 11) is 0.302. The van der Waals surface area contributed by atoms with Crippen molar-refractivity contribution in [3.05, 3.63) is 65.7 Å². The van der Waals surface area contributed by atoms with Crippen molar-refractivity contribution in [3.8, 4) is 0 Å². The Morgan fingerprint density at radius 1 is 1.07 bits per heavy atom. The van der Waals surface area contributed by atoms with Crippen molar-refractivity contribution in [1.82, 2.24) is 14.9 Å². The Kier molecular flexibility index (Phi) is 7.05. The van der Waals surface area contributed by atoms with Crippen LogP contribution < -0.4 is 10.0 Å². The van der Waals surface area contributed by atoms with Gasteiger partial charge in [-0.15, -0.1) is 0 Å². The number of nitrogens with zero attached hydrogens (tertiary/aromatic N) is 1. The first-order valence-electron chi connectivity index (χ1n) is 9.99. The van der Waals surface area contributed by atoms with E-state index in [-0.39, 0.29) is 22.9 Å². The molecule has 6 nitrogen and oxygen atoms in total. The first kappa shape index (κ1) is 21.5. The van der Waals surface area contributed by atoms with Gasteiger partial charge in [-0.05, 0) is 50.7 Å². The molecule has 0 aliphatic heterocycles. The van der Waals surface area contributed by atoms with Gasteiger partial charge in [0.2, 0.25) is 10.0 Å². The maximum absolute atomic E-state index is 12.7. The van der Waals surface area contributed by atoms with Crippen LogP contribution in [0.25, 0.3) is 0 Å². The Hall–Kier alpha value is -2.22. The van der Waals surface area contributed by atoms with Crippen LogP contribution in [0.2, 0.25) is 0 Å². The highest BCUT2D eigenvalue weighted by Gasteiger charge is 2.24. The van der Waals surface area contributed by atoms with Gasteiger partial charge in [0.1, 0.15) is 0 Å². The molecule has 1 aliphatic carbocycles.